The SMILES string of the molecule is CC1(C)OB(c2cccc3nnn(Cc4ccccc4)c23)OC1(C)C. The topological polar surface area (TPSA) is 49.2 Å². The molecule has 0 amide bonds. The van der Waals surface area contributed by atoms with Crippen molar-refractivity contribution < 1.29 is 9.31 Å². The third-order valence-corrected chi connectivity index (χ3v) is 5.25. The van der Waals surface area contributed by atoms with Gasteiger partial charge < -0.3 is 9.31 Å². The number of hydrogen-bond acceptors (Lipinski definition) is 4. The van der Waals surface area contributed by atoms with Crippen LogP contribution < -0.4 is 5.46 Å². The maximum Gasteiger partial charge on any atom is 0.497 e. The van der Waals surface area contributed by atoms with Crippen molar-refractivity contribution in [2.24, 2.45) is 0 Å². The van der Waals surface area contributed by atoms with E-state index in [4.69, 9.17) is 9.31 Å². The summed E-state index contributed by atoms with van der Waals surface area (Å²) in [6.45, 7) is 8.91. The number of nitrogens with zero attached hydrogens (tertiary/aromatic N) is 3. The van der Waals surface area contributed by atoms with Crippen LogP contribution in [0.4, 0.5) is 0 Å². The van der Waals surface area contributed by atoms with E-state index in [0.717, 1.165) is 16.5 Å². The molecule has 1 aliphatic heterocycles. The minimum Gasteiger partial charge on any atom is -0.399 e. The van der Waals surface area contributed by atoms with Gasteiger partial charge in [0.25, 0.3) is 0 Å². The van der Waals surface area contributed by atoms with E-state index >= 15 is 0 Å². The standard InChI is InChI=1S/C19H22BN3O2/c1-18(2)19(3,4)25-20(24-18)15-11-8-12-16-17(15)23(22-21-16)13-14-9-6-5-7-10-14/h5-12H,13H2,1-4H3. The van der Waals surface area contributed by atoms with E-state index in [-0.39, 0.29) is 11.2 Å². The molecule has 0 saturated carbocycles. The maximum absolute atomic E-state index is 6.24. The molecular weight excluding hydrogens is 313 g/mol. The monoisotopic (exact) mass is 335 g/mol. The molecule has 1 aliphatic rings. The van der Waals surface area contributed by atoms with Gasteiger partial charge in [0, 0.05) is 5.46 Å². The molecule has 0 bridgehead atoms. The summed E-state index contributed by atoms with van der Waals surface area (Å²) < 4.78 is 14.4. The van der Waals surface area contributed by atoms with Crippen molar-refractivity contribution in [3.8, 4) is 0 Å². The van der Waals surface area contributed by atoms with Crippen molar-refractivity contribution in [1.29, 1.82) is 0 Å². The lowest BCUT2D eigenvalue weighted by Gasteiger charge is -2.32. The maximum atomic E-state index is 6.24. The molecule has 1 fully saturated rings. The van der Waals surface area contributed by atoms with E-state index in [2.05, 4.69) is 50.1 Å². The van der Waals surface area contributed by atoms with Gasteiger partial charge >= 0.3 is 7.12 Å². The Balaban J connectivity index is 1.77. The molecule has 0 unspecified atom stereocenters. The first-order valence-corrected chi connectivity index (χ1v) is 8.59. The molecule has 3 aromatic rings. The predicted molar refractivity (Wildman–Crippen MR) is 98.8 cm³/mol. The summed E-state index contributed by atoms with van der Waals surface area (Å²) in [4.78, 5) is 0. The summed E-state index contributed by atoms with van der Waals surface area (Å²) in [5.41, 5.74) is 3.21. The average Bonchev–Trinajstić information content (AvgIpc) is 3.07. The van der Waals surface area contributed by atoms with Crippen LogP contribution in [-0.2, 0) is 15.9 Å². The Morgan fingerprint density at radius 1 is 0.920 bits per heavy atom. The average molecular weight is 335 g/mol. The van der Waals surface area contributed by atoms with Crippen LogP contribution in [0.1, 0.15) is 33.3 Å². The molecule has 128 valence electrons. The highest BCUT2D eigenvalue weighted by molar-refractivity contribution is 6.64. The molecule has 0 spiro atoms. The van der Waals surface area contributed by atoms with Crippen LogP contribution in [0.5, 0.6) is 0 Å². The van der Waals surface area contributed by atoms with Crippen molar-refractivity contribution in [2.75, 3.05) is 0 Å². The van der Waals surface area contributed by atoms with Crippen LogP contribution in [0.3, 0.4) is 0 Å². The Morgan fingerprint density at radius 2 is 1.60 bits per heavy atom. The van der Waals surface area contributed by atoms with Gasteiger partial charge in [0.1, 0.15) is 5.52 Å². The fourth-order valence-corrected chi connectivity index (χ4v) is 3.08. The van der Waals surface area contributed by atoms with Crippen molar-refractivity contribution in [2.45, 2.75) is 45.4 Å². The molecule has 0 aliphatic carbocycles. The first-order valence-electron chi connectivity index (χ1n) is 8.59. The zero-order valence-electron chi connectivity index (χ0n) is 15.1. The number of fused-ring (bicyclic) bond motifs is 1. The Labute approximate surface area is 148 Å². The minimum absolute atomic E-state index is 0.377. The molecule has 0 N–H and O–H groups in total. The molecule has 1 aromatic heterocycles. The van der Waals surface area contributed by atoms with Gasteiger partial charge in [0.2, 0.25) is 0 Å². The molecule has 25 heavy (non-hydrogen) atoms. The number of rotatable bonds is 3. The molecule has 4 rings (SSSR count). The third-order valence-electron chi connectivity index (χ3n) is 5.25. The number of aromatic nitrogens is 3. The summed E-state index contributed by atoms with van der Waals surface area (Å²) in [5.74, 6) is 0. The molecule has 1 saturated heterocycles. The van der Waals surface area contributed by atoms with Crippen LogP contribution in [-0.4, -0.2) is 33.3 Å². The summed E-state index contributed by atoms with van der Waals surface area (Å²) in [6, 6.07) is 16.2. The molecule has 0 radical (unpaired) electrons. The molecule has 2 heterocycles. The largest absolute Gasteiger partial charge is 0.497 e. The van der Waals surface area contributed by atoms with Crippen molar-refractivity contribution in [3.05, 3.63) is 54.1 Å². The lowest BCUT2D eigenvalue weighted by molar-refractivity contribution is 0.00578. The zero-order chi connectivity index (χ0) is 17.7. The highest BCUT2D eigenvalue weighted by Crippen LogP contribution is 2.36. The van der Waals surface area contributed by atoms with Gasteiger partial charge in [0.05, 0.1) is 23.3 Å². The van der Waals surface area contributed by atoms with E-state index in [1.54, 1.807) is 0 Å². The fourth-order valence-electron chi connectivity index (χ4n) is 3.08. The third kappa shape index (κ3) is 2.75. The summed E-state index contributed by atoms with van der Waals surface area (Å²) >= 11 is 0. The van der Waals surface area contributed by atoms with Crippen molar-refractivity contribution in [1.82, 2.24) is 15.0 Å². The second-order valence-corrected chi connectivity index (χ2v) is 7.54. The smallest absolute Gasteiger partial charge is 0.399 e. The Hall–Kier alpha value is -2.18. The second kappa shape index (κ2) is 5.68. The Morgan fingerprint density at radius 3 is 2.28 bits per heavy atom. The van der Waals surface area contributed by atoms with Crippen LogP contribution >= 0.6 is 0 Å². The van der Waals surface area contributed by atoms with Crippen LogP contribution in [0, 0.1) is 0 Å². The van der Waals surface area contributed by atoms with Gasteiger partial charge in [0.15, 0.2) is 0 Å². The van der Waals surface area contributed by atoms with E-state index in [0.29, 0.717) is 6.54 Å². The quantitative estimate of drug-likeness (QED) is 0.691. The first-order chi connectivity index (χ1) is 11.9. The van der Waals surface area contributed by atoms with Crippen LogP contribution in [0.15, 0.2) is 48.5 Å². The molecule has 2 aromatic carbocycles. The second-order valence-electron chi connectivity index (χ2n) is 7.54. The minimum atomic E-state index is -0.429. The molecule has 6 heteroatoms. The summed E-state index contributed by atoms with van der Waals surface area (Å²) in [7, 11) is -0.429. The summed E-state index contributed by atoms with van der Waals surface area (Å²) in [6.07, 6.45) is 0. The highest BCUT2D eigenvalue weighted by Gasteiger charge is 2.52. The lowest BCUT2D eigenvalue weighted by Crippen LogP contribution is -2.41. The van der Waals surface area contributed by atoms with Crippen molar-refractivity contribution in [3.63, 3.8) is 0 Å². The van der Waals surface area contributed by atoms with Gasteiger partial charge in [-0.25, -0.2) is 4.68 Å². The first kappa shape index (κ1) is 16.3. The van der Waals surface area contributed by atoms with Crippen LogP contribution in [0.2, 0.25) is 0 Å². The molecule has 0 atom stereocenters. The normalized spacial score (nSPS) is 18.8. The molecular formula is C19H22BN3O2. The highest BCUT2D eigenvalue weighted by atomic mass is 16.7. The van der Waals surface area contributed by atoms with Crippen molar-refractivity contribution >= 4 is 23.6 Å². The predicted octanol–water partition coefficient (Wildman–Crippen LogP) is 2.78. The van der Waals surface area contributed by atoms with Gasteiger partial charge in [-0.05, 0) is 39.3 Å². The van der Waals surface area contributed by atoms with Gasteiger partial charge in [-0.2, -0.15) is 0 Å². The van der Waals surface area contributed by atoms with Crippen LogP contribution in [0.25, 0.3) is 11.0 Å². The van der Waals surface area contributed by atoms with Gasteiger partial charge in [-0.15, -0.1) is 5.10 Å². The number of benzene rings is 2. The summed E-state index contributed by atoms with van der Waals surface area (Å²) in [5, 5.41) is 8.67. The fraction of sp³-hybridized carbons (Fsp3) is 0.368. The van der Waals surface area contributed by atoms with Gasteiger partial charge in [-0.3, -0.25) is 0 Å². The molecule has 5 nitrogen and oxygen atoms in total. The Bertz CT molecular complexity index is 889. The van der Waals surface area contributed by atoms with E-state index < -0.39 is 7.12 Å². The zero-order valence-corrected chi connectivity index (χ0v) is 15.1. The van der Waals surface area contributed by atoms with E-state index in [9.17, 15) is 0 Å². The number of hydrogen-bond donors (Lipinski definition) is 0. The van der Waals surface area contributed by atoms with E-state index in [1.807, 2.05) is 41.1 Å². The van der Waals surface area contributed by atoms with E-state index in [1.165, 1.54) is 5.56 Å². The Kier molecular flexibility index (Phi) is 3.70. The lowest BCUT2D eigenvalue weighted by atomic mass is 9.78. The number of para-hydroxylation sites is 1. The van der Waals surface area contributed by atoms with Gasteiger partial charge in [-0.1, -0.05) is 47.7 Å².